The molecule has 6 nitrogen and oxygen atoms in total. The van der Waals surface area contributed by atoms with Crippen LogP contribution in [0.15, 0.2) is 30.3 Å². The molecule has 0 aromatic heterocycles. The molecule has 1 atom stereocenters. The van der Waals surface area contributed by atoms with E-state index in [2.05, 4.69) is 39.6 Å². The molecule has 1 spiro atoms. The smallest absolute Gasteiger partial charge is 0.315 e. The van der Waals surface area contributed by atoms with Crippen LogP contribution in [0.2, 0.25) is 0 Å². The van der Waals surface area contributed by atoms with Crippen molar-refractivity contribution in [2.45, 2.75) is 64.5 Å². The third-order valence-electron chi connectivity index (χ3n) is 6.81. The van der Waals surface area contributed by atoms with E-state index in [0.29, 0.717) is 13.0 Å². The zero-order valence-electron chi connectivity index (χ0n) is 18.8. The molecule has 0 aliphatic carbocycles. The van der Waals surface area contributed by atoms with Gasteiger partial charge in [-0.1, -0.05) is 30.3 Å². The molecule has 0 radical (unpaired) electrons. The molecule has 6 heteroatoms. The molecule has 2 fully saturated rings. The molecule has 0 saturated carbocycles. The number of amides is 3. The van der Waals surface area contributed by atoms with Crippen LogP contribution < -0.4 is 10.6 Å². The highest BCUT2D eigenvalue weighted by molar-refractivity contribution is 5.77. The normalized spacial score (nSPS) is 21.6. The quantitative estimate of drug-likeness (QED) is 0.752. The molecule has 0 bridgehead atoms. The maximum atomic E-state index is 13.3. The number of carbonyl (C=O) groups is 2. The van der Waals surface area contributed by atoms with E-state index in [4.69, 9.17) is 0 Å². The number of aryl methyl sites for hydroxylation is 1. The van der Waals surface area contributed by atoms with E-state index in [9.17, 15) is 9.59 Å². The Morgan fingerprint density at radius 1 is 1.10 bits per heavy atom. The van der Waals surface area contributed by atoms with Gasteiger partial charge in [-0.3, -0.25) is 4.79 Å². The fourth-order valence-electron chi connectivity index (χ4n) is 5.07. The van der Waals surface area contributed by atoms with Crippen molar-refractivity contribution in [1.82, 2.24) is 20.4 Å². The first-order valence-corrected chi connectivity index (χ1v) is 11.5. The summed E-state index contributed by atoms with van der Waals surface area (Å²) in [5, 5.41) is 5.98. The highest BCUT2D eigenvalue weighted by atomic mass is 16.2. The Balaban J connectivity index is 1.71. The first-order chi connectivity index (χ1) is 14.4. The lowest BCUT2D eigenvalue weighted by atomic mass is 9.66. The summed E-state index contributed by atoms with van der Waals surface area (Å²) < 4.78 is 0. The third-order valence-corrected chi connectivity index (χ3v) is 6.81. The lowest BCUT2D eigenvalue weighted by molar-refractivity contribution is -0.141. The lowest BCUT2D eigenvalue weighted by Crippen LogP contribution is -2.61. The predicted molar refractivity (Wildman–Crippen MR) is 120 cm³/mol. The van der Waals surface area contributed by atoms with Gasteiger partial charge in [0.25, 0.3) is 0 Å². The molecule has 2 N–H and O–H groups in total. The van der Waals surface area contributed by atoms with Crippen LogP contribution in [0.25, 0.3) is 0 Å². The molecule has 30 heavy (non-hydrogen) atoms. The fourth-order valence-corrected chi connectivity index (χ4v) is 5.07. The van der Waals surface area contributed by atoms with Crippen molar-refractivity contribution in [3.05, 3.63) is 35.9 Å². The SMILES string of the molecule is CC(C)NC(=O)NCC1N(C(=O)CCc2ccccc2)CCCC12CCN(C)CC2. The molecule has 3 rings (SSSR count). The van der Waals surface area contributed by atoms with E-state index in [0.717, 1.165) is 51.7 Å². The van der Waals surface area contributed by atoms with Crippen LogP contribution in [0.1, 0.15) is 51.5 Å². The van der Waals surface area contributed by atoms with Gasteiger partial charge in [-0.2, -0.15) is 0 Å². The van der Waals surface area contributed by atoms with Crippen LogP contribution in [-0.4, -0.2) is 67.0 Å². The highest BCUT2D eigenvalue weighted by Crippen LogP contribution is 2.44. The highest BCUT2D eigenvalue weighted by Gasteiger charge is 2.47. The van der Waals surface area contributed by atoms with E-state index < -0.39 is 0 Å². The number of hydrogen-bond donors (Lipinski definition) is 2. The van der Waals surface area contributed by atoms with Crippen molar-refractivity contribution in [3.8, 4) is 0 Å². The first kappa shape index (κ1) is 22.6. The van der Waals surface area contributed by atoms with Crippen molar-refractivity contribution >= 4 is 11.9 Å². The number of hydrogen-bond acceptors (Lipinski definition) is 3. The van der Waals surface area contributed by atoms with E-state index in [1.807, 2.05) is 32.0 Å². The van der Waals surface area contributed by atoms with Gasteiger partial charge in [-0.25, -0.2) is 4.79 Å². The number of carbonyl (C=O) groups excluding carboxylic acids is 2. The summed E-state index contributed by atoms with van der Waals surface area (Å²) in [6, 6.07) is 10.2. The molecule has 1 unspecified atom stereocenters. The molecule has 166 valence electrons. The van der Waals surface area contributed by atoms with Crippen LogP contribution in [-0.2, 0) is 11.2 Å². The summed E-state index contributed by atoms with van der Waals surface area (Å²) in [6.45, 7) is 7.35. The Kier molecular flexibility index (Phi) is 7.75. The standard InChI is InChI=1S/C24H38N4O2/c1-19(2)26-23(30)25-18-21-24(13-16-27(3)17-14-24)12-7-15-28(21)22(29)11-10-20-8-5-4-6-9-20/h4-6,8-9,19,21H,7,10-18H2,1-3H3,(H2,25,26,30). The van der Waals surface area contributed by atoms with Gasteiger partial charge >= 0.3 is 6.03 Å². The van der Waals surface area contributed by atoms with Gasteiger partial charge in [0.05, 0.1) is 6.04 Å². The summed E-state index contributed by atoms with van der Waals surface area (Å²) in [6.07, 6.45) is 5.65. The Morgan fingerprint density at radius 3 is 2.47 bits per heavy atom. The average molecular weight is 415 g/mol. The van der Waals surface area contributed by atoms with Gasteiger partial charge in [0.2, 0.25) is 5.91 Å². The maximum absolute atomic E-state index is 13.3. The number of nitrogens with zero attached hydrogens (tertiary/aromatic N) is 2. The zero-order chi connectivity index (χ0) is 21.6. The molecule has 3 amide bonds. The van der Waals surface area contributed by atoms with E-state index in [1.165, 1.54) is 5.56 Å². The molecule has 2 heterocycles. The third kappa shape index (κ3) is 5.75. The molecule has 2 saturated heterocycles. The average Bonchev–Trinajstić information content (AvgIpc) is 2.73. The first-order valence-electron chi connectivity index (χ1n) is 11.5. The van der Waals surface area contributed by atoms with Crippen LogP contribution in [0.4, 0.5) is 4.79 Å². The Hall–Kier alpha value is -2.08. The van der Waals surface area contributed by atoms with Gasteiger partial charge in [0.1, 0.15) is 0 Å². The van der Waals surface area contributed by atoms with Crippen LogP contribution in [0.5, 0.6) is 0 Å². The second kappa shape index (κ2) is 10.3. The Labute approximate surface area is 181 Å². The minimum Gasteiger partial charge on any atom is -0.337 e. The second-order valence-corrected chi connectivity index (χ2v) is 9.37. The van der Waals surface area contributed by atoms with Crippen LogP contribution >= 0.6 is 0 Å². The second-order valence-electron chi connectivity index (χ2n) is 9.37. The molecule has 2 aliphatic rings. The van der Waals surface area contributed by atoms with Crippen molar-refractivity contribution in [1.29, 1.82) is 0 Å². The number of nitrogens with one attached hydrogen (secondary N) is 2. The summed E-state index contributed by atoms with van der Waals surface area (Å²) in [5.74, 6) is 0.216. The molecule has 1 aromatic carbocycles. The lowest BCUT2D eigenvalue weighted by Gasteiger charge is -2.53. The van der Waals surface area contributed by atoms with Gasteiger partial charge in [0.15, 0.2) is 0 Å². The monoisotopic (exact) mass is 414 g/mol. The van der Waals surface area contributed by atoms with Crippen molar-refractivity contribution in [2.75, 3.05) is 33.2 Å². The fraction of sp³-hybridized carbons (Fsp3) is 0.667. The summed E-state index contributed by atoms with van der Waals surface area (Å²) in [7, 11) is 2.17. The van der Waals surface area contributed by atoms with Crippen molar-refractivity contribution in [2.24, 2.45) is 5.41 Å². The number of rotatable bonds is 6. The van der Waals surface area contributed by atoms with Crippen LogP contribution in [0, 0.1) is 5.41 Å². The van der Waals surface area contributed by atoms with E-state index in [1.54, 1.807) is 0 Å². The minimum absolute atomic E-state index is 0.0705. The summed E-state index contributed by atoms with van der Waals surface area (Å²) in [5.41, 5.74) is 1.31. The topological polar surface area (TPSA) is 64.7 Å². The maximum Gasteiger partial charge on any atom is 0.315 e. The molecular weight excluding hydrogens is 376 g/mol. The minimum atomic E-state index is -0.143. The molecule has 1 aromatic rings. The Bertz CT molecular complexity index is 698. The summed E-state index contributed by atoms with van der Waals surface area (Å²) in [4.78, 5) is 30.0. The largest absolute Gasteiger partial charge is 0.337 e. The van der Waals surface area contributed by atoms with Crippen molar-refractivity contribution in [3.63, 3.8) is 0 Å². The number of likely N-dealkylation sites (tertiary alicyclic amines) is 2. The number of piperidine rings is 2. The number of urea groups is 1. The van der Waals surface area contributed by atoms with E-state index >= 15 is 0 Å². The predicted octanol–water partition coefficient (Wildman–Crippen LogP) is 3.03. The van der Waals surface area contributed by atoms with Gasteiger partial charge < -0.3 is 20.4 Å². The zero-order valence-corrected chi connectivity index (χ0v) is 18.8. The molecule has 2 aliphatic heterocycles. The van der Waals surface area contributed by atoms with Crippen molar-refractivity contribution < 1.29 is 9.59 Å². The summed E-state index contributed by atoms with van der Waals surface area (Å²) >= 11 is 0. The van der Waals surface area contributed by atoms with Gasteiger partial charge in [-0.05, 0) is 77.1 Å². The van der Waals surface area contributed by atoms with E-state index in [-0.39, 0.29) is 29.4 Å². The molecular formula is C24H38N4O2. The van der Waals surface area contributed by atoms with Gasteiger partial charge in [0, 0.05) is 25.6 Å². The Morgan fingerprint density at radius 2 is 1.80 bits per heavy atom. The van der Waals surface area contributed by atoms with Gasteiger partial charge in [-0.15, -0.1) is 0 Å². The number of benzene rings is 1. The van der Waals surface area contributed by atoms with Crippen LogP contribution in [0.3, 0.4) is 0 Å².